The zero-order valence-corrected chi connectivity index (χ0v) is 11.3. The summed E-state index contributed by atoms with van der Waals surface area (Å²) in [7, 11) is 0. The van der Waals surface area contributed by atoms with Crippen molar-refractivity contribution in [3.63, 3.8) is 0 Å². The van der Waals surface area contributed by atoms with Crippen molar-refractivity contribution in [1.82, 2.24) is 10.2 Å². The highest BCUT2D eigenvalue weighted by molar-refractivity contribution is 5.08. The van der Waals surface area contributed by atoms with Gasteiger partial charge in [-0.3, -0.25) is 4.90 Å². The summed E-state index contributed by atoms with van der Waals surface area (Å²) >= 11 is 0. The number of hydrogen-bond acceptors (Lipinski definition) is 3. The van der Waals surface area contributed by atoms with Gasteiger partial charge in [0, 0.05) is 30.2 Å². The number of nitrogens with one attached hydrogen (secondary N) is 1. The molecule has 0 saturated carbocycles. The van der Waals surface area contributed by atoms with Gasteiger partial charge >= 0.3 is 0 Å². The molecule has 2 aliphatic heterocycles. The van der Waals surface area contributed by atoms with E-state index in [-0.39, 0.29) is 0 Å². The monoisotopic (exact) mass is 248 g/mol. The van der Waals surface area contributed by atoms with Crippen molar-refractivity contribution in [1.29, 1.82) is 0 Å². The molecule has 2 unspecified atom stereocenters. The van der Waals surface area contributed by atoms with Gasteiger partial charge in [-0.2, -0.15) is 0 Å². The summed E-state index contributed by atoms with van der Waals surface area (Å²) < 4.78 is 5.18. The van der Waals surface area contributed by atoms with Crippen molar-refractivity contribution in [2.75, 3.05) is 6.54 Å². The molecule has 3 rings (SSSR count). The van der Waals surface area contributed by atoms with Gasteiger partial charge in [-0.05, 0) is 44.7 Å². The quantitative estimate of drug-likeness (QED) is 0.868. The molecule has 2 fully saturated rings. The van der Waals surface area contributed by atoms with E-state index in [2.05, 4.69) is 23.2 Å². The molecule has 3 heteroatoms. The van der Waals surface area contributed by atoms with Gasteiger partial charge in [0.2, 0.25) is 0 Å². The van der Waals surface area contributed by atoms with Crippen LogP contribution in [0, 0.1) is 0 Å². The van der Waals surface area contributed by atoms with Crippen LogP contribution in [0.1, 0.15) is 44.6 Å². The van der Waals surface area contributed by atoms with Crippen LogP contribution >= 0.6 is 0 Å². The summed E-state index contributed by atoms with van der Waals surface area (Å²) in [5.41, 5.74) is 1.33. The van der Waals surface area contributed by atoms with Crippen LogP contribution in [0.25, 0.3) is 0 Å². The standard InChI is InChI=1S/C15H24N2O/c1-2-6-16-13-8-14-3-4-15(9-13)17(14)10-12-5-7-18-11-12/h5,7,11,13-16H,2-4,6,8-10H2,1H3. The third-order valence-corrected chi connectivity index (χ3v) is 4.51. The van der Waals surface area contributed by atoms with Gasteiger partial charge in [-0.1, -0.05) is 6.92 Å². The van der Waals surface area contributed by atoms with E-state index in [0.29, 0.717) is 0 Å². The minimum Gasteiger partial charge on any atom is -0.472 e. The van der Waals surface area contributed by atoms with Crippen LogP contribution in [0.15, 0.2) is 23.0 Å². The lowest BCUT2D eigenvalue weighted by Crippen LogP contribution is -2.48. The number of fused-ring (bicyclic) bond motifs is 2. The Balaban J connectivity index is 1.59. The van der Waals surface area contributed by atoms with Crippen LogP contribution in [0.3, 0.4) is 0 Å². The Kier molecular flexibility index (Phi) is 3.71. The molecule has 18 heavy (non-hydrogen) atoms. The van der Waals surface area contributed by atoms with E-state index in [4.69, 9.17) is 4.42 Å². The fourth-order valence-corrected chi connectivity index (χ4v) is 3.64. The Morgan fingerprint density at radius 3 is 2.72 bits per heavy atom. The van der Waals surface area contributed by atoms with Crippen LogP contribution < -0.4 is 5.32 Å². The van der Waals surface area contributed by atoms with E-state index in [1.54, 1.807) is 6.26 Å². The van der Waals surface area contributed by atoms with Crippen LogP contribution in [0.5, 0.6) is 0 Å². The Morgan fingerprint density at radius 1 is 1.33 bits per heavy atom. The molecule has 2 bridgehead atoms. The van der Waals surface area contributed by atoms with Gasteiger partial charge in [0.15, 0.2) is 0 Å². The maximum atomic E-state index is 5.18. The molecule has 1 aromatic rings. The largest absolute Gasteiger partial charge is 0.472 e. The maximum absolute atomic E-state index is 5.18. The summed E-state index contributed by atoms with van der Waals surface area (Å²) in [4.78, 5) is 2.70. The lowest BCUT2D eigenvalue weighted by molar-refractivity contribution is 0.109. The molecule has 0 radical (unpaired) electrons. The van der Waals surface area contributed by atoms with Crippen molar-refractivity contribution in [3.8, 4) is 0 Å². The summed E-state index contributed by atoms with van der Waals surface area (Å²) in [6, 6.07) is 4.42. The highest BCUT2D eigenvalue weighted by Gasteiger charge is 2.40. The van der Waals surface area contributed by atoms with E-state index in [1.165, 1.54) is 44.2 Å². The molecule has 0 spiro atoms. The maximum Gasteiger partial charge on any atom is 0.0947 e. The first-order valence-electron chi connectivity index (χ1n) is 7.37. The molecule has 0 amide bonds. The molecule has 2 atom stereocenters. The first-order valence-corrected chi connectivity index (χ1v) is 7.37. The molecular formula is C15H24N2O. The highest BCUT2D eigenvalue weighted by Crippen LogP contribution is 2.36. The molecule has 3 nitrogen and oxygen atoms in total. The van der Waals surface area contributed by atoms with Gasteiger partial charge in [0.25, 0.3) is 0 Å². The topological polar surface area (TPSA) is 28.4 Å². The first-order chi connectivity index (χ1) is 8.86. The normalized spacial score (nSPS) is 31.9. The lowest BCUT2D eigenvalue weighted by atomic mass is 9.96. The zero-order chi connectivity index (χ0) is 12.4. The van der Waals surface area contributed by atoms with E-state index in [0.717, 1.165) is 24.7 Å². The van der Waals surface area contributed by atoms with Crippen molar-refractivity contribution < 1.29 is 4.42 Å². The summed E-state index contributed by atoms with van der Waals surface area (Å²) in [6.45, 7) is 4.49. The van der Waals surface area contributed by atoms with Crippen molar-refractivity contribution >= 4 is 0 Å². The van der Waals surface area contributed by atoms with Gasteiger partial charge in [0.1, 0.15) is 0 Å². The second-order valence-electron chi connectivity index (χ2n) is 5.81. The molecule has 0 aromatic carbocycles. The molecule has 2 aliphatic rings. The molecule has 0 aliphatic carbocycles. The first kappa shape index (κ1) is 12.2. The summed E-state index contributed by atoms with van der Waals surface area (Å²) in [6.07, 6.45) is 10.3. The Labute approximate surface area is 110 Å². The number of hydrogen-bond donors (Lipinski definition) is 1. The smallest absolute Gasteiger partial charge is 0.0947 e. The number of nitrogens with zero attached hydrogens (tertiary/aromatic N) is 1. The van der Waals surface area contributed by atoms with Gasteiger partial charge in [-0.15, -0.1) is 0 Å². The second kappa shape index (κ2) is 5.45. The predicted molar refractivity (Wildman–Crippen MR) is 72.4 cm³/mol. The van der Waals surface area contributed by atoms with Crippen molar-refractivity contribution in [3.05, 3.63) is 24.2 Å². The molecule has 1 N–H and O–H groups in total. The van der Waals surface area contributed by atoms with E-state index >= 15 is 0 Å². The molecule has 1 aromatic heterocycles. The van der Waals surface area contributed by atoms with E-state index < -0.39 is 0 Å². The molecular weight excluding hydrogens is 224 g/mol. The van der Waals surface area contributed by atoms with Crippen LogP contribution in [0.2, 0.25) is 0 Å². The average molecular weight is 248 g/mol. The second-order valence-corrected chi connectivity index (χ2v) is 5.81. The third kappa shape index (κ3) is 2.47. The Bertz CT molecular complexity index is 349. The number of rotatable bonds is 5. The van der Waals surface area contributed by atoms with E-state index in [1.807, 2.05) is 6.26 Å². The minimum atomic E-state index is 0.753. The minimum absolute atomic E-state index is 0.753. The predicted octanol–water partition coefficient (Wildman–Crippen LogP) is 2.77. The van der Waals surface area contributed by atoms with Gasteiger partial charge < -0.3 is 9.73 Å². The average Bonchev–Trinajstić information content (AvgIpc) is 2.95. The van der Waals surface area contributed by atoms with Crippen LogP contribution in [0.4, 0.5) is 0 Å². The SMILES string of the molecule is CCCNC1CC2CCC(C1)N2Cc1ccoc1. The van der Waals surface area contributed by atoms with Gasteiger partial charge in [0.05, 0.1) is 12.5 Å². The lowest BCUT2D eigenvalue weighted by Gasteiger charge is -2.39. The van der Waals surface area contributed by atoms with Gasteiger partial charge in [-0.25, -0.2) is 0 Å². The Morgan fingerprint density at radius 2 is 2.11 bits per heavy atom. The van der Waals surface area contributed by atoms with Crippen molar-refractivity contribution in [2.24, 2.45) is 0 Å². The molecule has 100 valence electrons. The van der Waals surface area contributed by atoms with Crippen molar-refractivity contribution in [2.45, 2.75) is 63.7 Å². The fraction of sp³-hybridized carbons (Fsp3) is 0.733. The molecule has 3 heterocycles. The fourth-order valence-electron chi connectivity index (χ4n) is 3.64. The summed E-state index contributed by atoms with van der Waals surface area (Å²) in [5, 5.41) is 3.71. The third-order valence-electron chi connectivity index (χ3n) is 4.51. The van der Waals surface area contributed by atoms with Crippen LogP contribution in [-0.4, -0.2) is 29.6 Å². The zero-order valence-electron chi connectivity index (χ0n) is 11.3. The Hall–Kier alpha value is -0.800. The molecule has 2 saturated heterocycles. The van der Waals surface area contributed by atoms with Crippen LogP contribution in [-0.2, 0) is 6.54 Å². The number of piperidine rings is 1. The number of furan rings is 1. The highest BCUT2D eigenvalue weighted by atomic mass is 16.3. The van der Waals surface area contributed by atoms with E-state index in [9.17, 15) is 0 Å². The summed E-state index contributed by atoms with van der Waals surface area (Å²) in [5.74, 6) is 0.